The Morgan fingerprint density at radius 1 is 1.15 bits per heavy atom. The van der Waals surface area contributed by atoms with Crippen LogP contribution in [0.25, 0.3) is 0 Å². The van der Waals surface area contributed by atoms with Crippen molar-refractivity contribution in [3.05, 3.63) is 57.8 Å². The number of carbonyl (C=O) groups is 2. The van der Waals surface area contributed by atoms with Gasteiger partial charge < -0.3 is 14.8 Å². The molecule has 7 nitrogen and oxygen atoms in total. The highest BCUT2D eigenvalue weighted by Crippen LogP contribution is 2.36. The molecule has 9 heteroatoms. The van der Waals surface area contributed by atoms with Crippen molar-refractivity contribution in [3.63, 3.8) is 0 Å². The Kier molecular flexibility index (Phi) is 10.3. The lowest BCUT2D eigenvalue weighted by molar-refractivity contribution is -0.123. The van der Waals surface area contributed by atoms with Gasteiger partial charge in [0, 0.05) is 5.56 Å². The number of carbonyl (C=O) groups excluding carboxylic acids is 2. The van der Waals surface area contributed by atoms with E-state index in [0.717, 1.165) is 6.42 Å². The molecule has 1 unspecified atom stereocenters. The van der Waals surface area contributed by atoms with Gasteiger partial charge in [0.05, 0.1) is 23.9 Å². The quantitative estimate of drug-likeness (QED) is 0.331. The Hall–Kier alpha value is -2.94. The summed E-state index contributed by atoms with van der Waals surface area (Å²) < 4.78 is 25.2. The van der Waals surface area contributed by atoms with Crippen molar-refractivity contribution < 1.29 is 23.5 Å². The number of hydrazone groups is 1. The van der Waals surface area contributed by atoms with E-state index in [1.165, 1.54) is 30.5 Å². The van der Waals surface area contributed by atoms with E-state index in [0.29, 0.717) is 34.7 Å². The van der Waals surface area contributed by atoms with Crippen molar-refractivity contribution in [2.75, 3.05) is 13.2 Å². The molecule has 2 aromatic rings. The van der Waals surface area contributed by atoms with Crippen molar-refractivity contribution in [1.29, 1.82) is 0 Å². The highest BCUT2D eigenvalue weighted by molar-refractivity contribution is 9.10. The Morgan fingerprint density at radius 3 is 2.45 bits per heavy atom. The summed E-state index contributed by atoms with van der Waals surface area (Å²) in [5.74, 6) is -0.395. The molecule has 0 saturated heterocycles. The van der Waals surface area contributed by atoms with Crippen LogP contribution in [0.15, 0.2) is 46.0 Å². The smallest absolute Gasteiger partial charge is 0.262 e. The van der Waals surface area contributed by atoms with Gasteiger partial charge in [-0.05, 0) is 77.2 Å². The molecular weight excluding hydrogens is 493 g/mol. The maximum Gasteiger partial charge on any atom is 0.262 e. The second kappa shape index (κ2) is 12.9. The highest BCUT2D eigenvalue weighted by Gasteiger charge is 2.24. The summed E-state index contributed by atoms with van der Waals surface area (Å²) in [6.45, 7) is 8.53. The lowest BCUT2D eigenvalue weighted by Crippen LogP contribution is -2.48. The molecule has 0 aliphatic rings. The fourth-order valence-corrected chi connectivity index (χ4v) is 3.44. The van der Waals surface area contributed by atoms with Crippen molar-refractivity contribution >= 4 is 34.0 Å². The predicted molar refractivity (Wildman–Crippen MR) is 129 cm³/mol. The Balaban J connectivity index is 2.09. The van der Waals surface area contributed by atoms with Crippen LogP contribution in [0.4, 0.5) is 4.39 Å². The van der Waals surface area contributed by atoms with Gasteiger partial charge in [-0.2, -0.15) is 5.10 Å². The van der Waals surface area contributed by atoms with Gasteiger partial charge in [-0.15, -0.1) is 0 Å². The lowest BCUT2D eigenvalue weighted by Gasteiger charge is -2.20. The molecule has 0 aromatic heterocycles. The van der Waals surface area contributed by atoms with Crippen molar-refractivity contribution in [3.8, 4) is 11.5 Å². The van der Waals surface area contributed by atoms with Crippen molar-refractivity contribution in [1.82, 2.24) is 10.7 Å². The second-order valence-electron chi connectivity index (χ2n) is 7.55. The first kappa shape index (κ1) is 26.3. The molecule has 2 rings (SSSR count). The molecular formula is C24H29BrFN3O4. The van der Waals surface area contributed by atoms with Crippen LogP contribution in [0.5, 0.6) is 11.5 Å². The van der Waals surface area contributed by atoms with E-state index in [1.807, 2.05) is 13.8 Å². The van der Waals surface area contributed by atoms with Crippen LogP contribution in [0, 0.1) is 11.7 Å². The number of halogens is 2. The molecule has 2 aromatic carbocycles. The molecule has 0 aliphatic heterocycles. The number of nitrogens with one attached hydrogen (secondary N) is 2. The number of amides is 2. The standard InChI is InChI=1S/C24H29BrFN3O4/c1-5-11-33-22-19(25)12-16(13-20(22)32-6-2)14-27-29-24(31)21(15(3)4)28-23(30)17-7-9-18(26)10-8-17/h7-10,12-15,21H,5-6,11H2,1-4H3,(H,28,30)(H,29,31). The van der Waals surface area contributed by atoms with E-state index in [2.05, 4.69) is 31.8 Å². The van der Waals surface area contributed by atoms with Crippen molar-refractivity contribution in [2.24, 2.45) is 11.0 Å². The third-order valence-electron chi connectivity index (χ3n) is 4.51. The molecule has 2 amide bonds. The van der Waals surface area contributed by atoms with E-state index < -0.39 is 23.7 Å². The summed E-state index contributed by atoms with van der Waals surface area (Å²) >= 11 is 3.49. The zero-order chi connectivity index (χ0) is 24.4. The minimum Gasteiger partial charge on any atom is -0.490 e. The summed E-state index contributed by atoms with van der Waals surface area (Å²) in [6.07, 6.45) is 2.34. The first-order valence-corrected chi connectivity index (χ1v) is 11.5. The molecule has 33 heavy (non-hydrogen) atoms. The van der Waals surface area contributed by atoms with Crippen LogP contribution in [-0.2, 0) is 4.79 Å². The summed E-state index contributed by atoms with van der Waals surface area (Å²) in [5, 5.41) is 6.70. The molecule has 0 fully saturated rings. The second-order valence-corrected chi connectivity index (χ2v) is 8.40. The monoisotopic (exact) mass is 521 g/mol. The van der Waals surface area contributed by atoms with Crippen LogP contribution in [0.2, 0.25) is 0 Å². The molecule has 1 atom stereocenters. The van der Waals surface area contributed by atoms with Gasteiger partial charge in [0.1, 0.15) is 11.9 Å². The molecule has 0 bridgehead atoms. The summed E-state index contributed by atoms with van der Waals surface area (Å²) in [7, 11) is 0. The summed E-state index contributed by atoms with van der Waals surface area (Å²) in [5.41, 5.74) is 3.41. The van der Waals surface area contributed by atoms with Gasteiger partial charge in [-0.3, -0.25) is 9.59 Å². The fourth-order valence-electron chi connectivity index (χ4n) is 2.87. The third kappa shape index (κ3) is 7.85. The zero-order valence-corrected chi connectivity index (χ0v) is 20.7. The minimum atomic E-state index is -0.824. The number of rotatable bonds is 11. The average Bonchev–Trinajstić information content (AvgIpc) is 2.77. The molecule has 0 saturated carbocycles. The van der Waals surface area contributed by atoms with E-state index >= 15 is 0 Å². The Bertz CT molecular complexity index is 980. The van der Waals surface area contributed by atoms with Gasteiger partial charge in [-0.1, -0.05) is 20.8 Å². The van der Waals surface area contributed by atoms with Crippen LogP contribution in [0.1, 0.15) is 50.0 Å². The van der Waals surface area contributed by atoms with Crippen LogP contribution in [0.3, 0.4) is 0 Å². The molecule has 0 aliphatic carbocycles. The Morgan fingerprint density at radius 2 is 1.85 bits per heavy atom. The Labute approximate surface area is 201 Å². The number of nitrogens with zero attached hydrogens (tertiary/aromatic N) is 1. The van der Waals surface area contributed by atoms with E-state index in [9.17, 15) is 14.0 Å². The zero-order valence-electron chi connectivity index (χ0n) is 19.2. The SMILES string of the molecule is CCCOc1c(Br)cc(C=NNC(=O)C(NC(=O)c2ccc(F)cc2)C(C)C)cc1OCC. The molecule has 178 valence electrons. The normalized spacial score (nSPS) is 12.0. The predicted octanol–water partition coefficient (Wildman–Crippen LogP) is 4.68. The number of hydrogen-bond acceptors (Lipinski definition) is 5. The largest absolute Gasteiger partial charge is 0.490 e. The number of ether oxygens (including phenoxy) is 2. The summed E-state index contributed by atoms with van der Waals surface area (Å²) in [6, 6.07) is 7.85. The average molecular weight is 522 g/mol. The summed E-state index contributed by atoms with van der Waals surface area (Å²) in [4.78, 5) is 25.1. The van der Waals surface area contributed by atoms with Crippen LogP contribution in [-0.4, -0.2) is 37.3 Å². The fraction of sp³-hybridized carbons (Fsp3) is 0.375. The topological polar surface area (TPSA) is 89.0 Å². The van der Waals surface area contributed by atoms with Crippen LogP contribution >= 0.6 is 15.9 Å². The minimum absolute atomic E-state index is 0.196. The van der Waals surface area contributed by atoms with Gasteiger partial charge in [0.2, 0.25) is 0 Å². The molecule has 2 N–H and O–H groups in total. The van der Waals surface area contributed by atoms with E-state index in [1.54, 1.807) is 26.0 Å². The van der Waals surface area contributed by atoms with Gasteiger partial charge in [0.15, 0.2) is 11.5 Å². The first-order valence-electron chi connectivity index (χ1n) is 10.7. The third-order valence-corrected chi connectivity index (χ3v) is 5.10. The lowest BCUT2D eigenvalue weighted by atomic mass is 10.0. The number of hydrogen-bond donors (Lipinski definition) is 2. The number of benzene rings is 2. The molecule has 0 radical (unpaired) electrons. The van der Waals surface area contributed by atoms with Crippen LogP contribution < -0.4 is 20.2 Å². The van der Waals surface area contributed by atoms with E-state index in [4.69, 9.17) is 9.47 Å². The van der Waals surface area contributed by atoms with Gasteiger partial charge in [-0.25, -0.2) is 9.82 Å². The molecule has 0 spiro atoms. The van der Waals surface area contributed by atoms with Gasteiger partial charge in [0.25, 0.3) is 11.8 Å². The highest BCUT2D eigenvalue weighted by atomic mass is 79.9. The van der Waals surface area contributed by atoms with E-state index in [-0.39, 0.29) is 11.5 Å². The maximum absolute atomic E-state index is 13.1. The maximum atomic E-state index is 13.1. The first-order chi connectivity index (χ1) is 15.8. The van der Waals surface area contributed by atoms with Gasteiger partial charge >= 0.3 is 0 Å². The molecule has 0 heterocycles. The van der Waals surface area contributed by atoms with Crippen molar-refractivity contribution in [2.45, 2.75) is 40.2 Å².